The molecule has 6 heteroatoms. The van der Waals surface area contributed by atoms with Crippen LogP contribution >= 0.6 is 11.3 Å². The first-order valence-electron chi connectivity index (χ1n) is 5.26. The highest BCUT2D eigenvalue weighted by molar-refractivity contribution is 7.89. The molecule has 92 valence electrons. The minimum Gasteiger partial charge on any atom is -0.326 e. The minimum absolute atomic E-state index is 0.321. The minimum atomic E-state index is -3.35. The van der Waals surface area contributed by atoms with Crippen LogP contribution < -0.4 is 10.5 Å². The Morgan fingerprint density at radius 2 is 2.25 bits per heavy atom. The lowest BCUT2D eigenvalue weighted by molar-refractivity contribution is 0.528. The molecule has 1 unspecified atom stereocenters. The molecule has 0 fully saturated rings. The third-order valence-corrected chi connectivity index (χ3v) is 4.97. The van der Waals surface area contributed by atoms with Crippen LogP contribution in [0, 0.1) is 5.92 Å². The molecular weight excluding hydrogens is 244 g/mol. The predicted octanol–water partition coefficient (Wildman–Crippen LogP) is 1.53. The first kappa shape index (κ1) is 13.6. The van der Waals surface area contributed by atoms with Crippen molar-refractivity contribution in [3.05, 3.63) is 16.3 Å². The Morgan fingerprint density at radius 1 is 1.56 bits per heavy atom. The Kier molecular flexibility index (Phi) is 4.91. The summed E-state index contributed by atoms with van der Waals surface area (Å²) in [7, 11) is -3.35. The molecule has 1 aromatic rings. The van der Waals surface area contributed by atoms with Crippen LogP contribution in [0.5, 0.6) is 0 Å². The summed E-state index contributed by atoms with van der Waals surface area (Å²) in [4.78, 5) is 1.20. The average molecular weight is 262 g/mol. The number of hydrogen-bond acceptors (Lipinski definition) is 4. The van der Waals surface area contributed by atoms with E-state index < -0.39 is 10.0 Å². The molecule has 1 aromatic heterocycles. The molecule has 3 N–H and O–H groups in total. The van der Waals surface area contributed by atoms with Crippen molar-refractivity contribution in [1.29, 1.82) is 0 Å². The number of thiophene rings is 1. The maximum atomic E-state index is 11.8. The Bertz CT molecular complexity index is 426. The van der Waals surface area contributed by atoms with E-state index in [1.807, 2.05) is 13.8 Å². The van der Waals surface area contributed by atoms with Gasteiger partial charge in [-0.3, -0.25) is 0 Å². The molecular formula is C10H18N2O2S2. The number of nitrogens with one attached hydrogen (secondary N) is 1. The molecule has 0 aliphatic heterocycles. The molecule has 0 amide bonds. The van der Waals surface area contributed by atoms with Crippen molar-refractivity contribution in [2.24, 2.45) is 11.7 Å². The summed E-state index contributed by atoms with van der Waals surface area (Å²) in [5.41, 5.74) is 5.45. The van der Waals surface area contributed by atoms with Gasteiger partial charge in [-0.1, -0.05) is 20.3 Å². The van der Waals surface area contributed by atoms with E-state index in [9.17, 15) is 8.42 Å². The molecule has 1 atom stereocenters. The second-order valence-electron chi connectivity index (χ2n) is 3.82. The van der Waals surface area contributed by atoms with Crippen molar-refractivity contribution >= 4 is 21.4 Å². The highest BCUT2D eigenvalue weighted by Gasteiger charge is 2.16. The Hall–Kier alpha value is -0.430. The van der Waals surface area contributed by atoms with Crippen molar-refractivity contribution < 1.29 is 8.42 Å². The molecule has 0 bridgehead atoms. The summed E-state index contributed by atoms with van der Waals surface area (Å²) in [5, 5.41) is 1.63. The van der Waals surface area contributed by atoms with Crippen molar-refractivity contribution in [2.45, 2.75) is 31.7 Å². The van der Waals surface area contributed by atoms with Crippen LogP contribution in [0.25, 0.3) is 0 Å². The highest BCUT2D eigenvalue weighted by atomic mass is 32.2. The van der Waals surface area contributed by atoms with Gasteiger partial charge < -0.3 is 5.73 Å². The van der Waals surface area contributed by atoms with Gasteiger partial charge in [0.15, 0.2) is 0 Å². The standard InChI is InChI=1S/C10H18N2O2S2/c1-3-8(2)6-12-16(13,14)10-4-9(5-11)15-7-10/h4,7-8,12H,3,5-6,11H2,1-2H3. The van der Waals surface area contributed by atoms with Gasteiger partial charge in [0.05, 0.1) is 4.90 Å². The molecule has 0 radical (unpaired) electrons. The van der Waals surface area contributed by atoms with Crippen LogP contribution in [-0.4, -0.2) is 15.0 Å². The zero-order valence-electron chi connectivity index (χ0n) is 9.56. The van der Waals surface area contributed by atoms with Crippen LogP contribution in [0.4, 0.5) is 0 Å². The van der Waals surface area contributed by atoms with Gasteiger partial charge in [-0.05, 0) is 12.0 Å². The monoisotopic (exact) mass is 262 g/mol. The number of nitrogens with two attached hydrogens (primary N) is 1. The van der Waals surface area contributed by atoms with Gasteiger partial charge in [0, 0.05) is 23.3 Å². The lowest BCUT2D eigenvalue weighted by Gasteiger charge is -2.09. The number of sulfonamides is 1. The molecule has 1 heterocycles. The molecule has 0 aromatic carbocycles. The highest BCUT2D eigenvalue weighted by Crippen LogP contribution is 2.18. The van der Waals surface area contributed by atoms with Crippen molar-refractivity contribution in [2.75, 3.05) is 6.54 Å². The van der Waals surface area contributed by atoms with Gasteiger partial charge in [-0.2, -0.15) is 0 Å². The maximum Gasteiger partial charge on any atom is 0.241 e. The summed E-state index contributed by atoms with van der Waals surface area (Å²) in [5.74, 6) is 0.349. The van der Waals surface area contributed by atoms with Crippen LogP contribution in [0.3, 0.4) is 0 Å². The van der Waals surface area contributed by atoms with Crippen LogP contribution in [0.2, 0.25) is 0 Å². The molecule has 0 saturated heterocycles. The van der Waals surface area contributed by atoms with E-state index >= 15 is 0 Å². The maximum absolute atomic E-state index is 11.8. The molecule has 0 saturated carbocycles. The third kappa shape index (κ3) is 3.55. The first-order valence-corrected chi connectivity index (χ1v) is 7.63. The Labute approximate surface area is 101 Å². The number of hydrogen-bond donors (Lipinski definition) is 2. The van der Waals surface area contributed by atoms with Gasteiger partial charge >= 0.3 is 0 Å². The average Bonchev–Trinajstić information content (AvgIpc) is 2.75. The zero-order chi connectivity index (χ0) is 12.2. The lowest BCUT2D eigenvalue weighted by Crippen LogP contribution is -2.27. The van der Waals surface area contributed by atoms with Gasteiger partial charge in [-0.15, -0.1) is 11.3 Å². The van der Waals surface area contributed by atoms with E-state index in [0.29, 0.717) is 23.9 Å². The second kappa shape index (κ2) is 5.77. The molecule has 0 aliphatic carbocycles. The summed E-state index contributed by atoms with van der Waals surface area (Å²) < 4.78 is 26.3. The quantitative estimate of drug-likeness (QED) is 0.816. The fourth-order valence-corrected chi connectivity index (χ4v) is 3.41. The number of rotatable bonds is 6. The zero-order valence-corrected chi connectivity index (χ0v) is 11.2. The van der Waals surface area contributed by atoms with Gasteiger partial charge in [0.25, 0.3) is 0 Å². The van der Waals surface area contributed by atoms with Gasteiger partial charge in [-0.25, -0.2) is 13.1 Å². The fraction of sp³-hybridized carbons (Fsp3) is 0.600. The largest absolute Gasteiger partial charge is 0.326 e. The topological polar surface area (TPSA) is 72.2 Å². The van der Waals surface area contributed by atoms with E-state index in [0.717, 1.165) is 11.3 Å². The van der Waals surface area contributed by atoms with E-state index in [1.165, 1.54) is 11.3 Å². The van der Waals surface area contributed by atoms with Crippen LogP contribution in [0.15, 0.2) is 16.3 Å². The molecule has 4 nitrogen and oxygen atoms in total. The van der Waals surface area contributed by atoms with Crippen LogP contribution in [-0.2, 0) is 16.6 Å². The van der Waals surface area contributed by atoms with Gasteiger partial charge in [0.1, 0.15) is 0 Å². The molecule has 1 rings (SSSR count). The SMILES string of the molecule is CCC(C)CNS(=O)(=O)c1csc(CN)c1. The molecule has 0 aliphatic rings. The summed E-state index contributed by atoms with van der Waals surface area (Å²) in [6, 6.07) is 1.63. The van der Waals surface area contributed by atoms with Crippen molar-refractivity contribution in [3.8, 4) is 0 Å². The normalized spacial score (nSPS) is 13.9. The summed E-state index contributed by atoms with van der Waals surface area (Å²) in [6.45, 7) is 4.91. The van der Waals surface area contributed by atoms with E-state index in [2.05, 4.69) is 4.72 Å². The molecule has 0 spiro atoms. The smallest absolute Gasteiger partial charge is 0.241 e. The Morgan fingerprint density at radius 3 is 2.75 bits per heavy atom. The lowest BCUT2D eigenvalue weighted by atomic mass is 10.1. The van der Waals surface area contributed by atoms with Gasteiger partial charge in [0.2, 0.25) is 10.0 Å². The summed E-state index contributed by atoms with van der Waals surface area (Å²) >= 11 is 1.37. The van der Waals surface area contributed by atoms with Crippen molar-refractivity contribution in [3.63, 3.8) is 0 Å². The van der Waals surface area contributed by atoms with E-state index in [4.69, 9.17) is 5.73 Å². The Balaban J connectivity index is 2.70. The molecule has 16 heavy (non-hydrogen) atoms. The van der Waals surface area contributed by atoms with Crippen molar-refractivity contribution in [1.82, 2.24) is 4.72 Å². The van der Waals surface area contributed by atoms with Crippen LogP contribution in [0.1, 0.15) is 25.1 Å². The summed E-state index contributed by atoms with van der Waals surface area (Å²) in [6.07, 6.45) is 0.959. The van der Waals surface area contributed by atoms with E-state index in [1.54, 1.807) is 11.4 Å². The third-order valence-electron chi connectivity index (χ3n) is 2.46. The second-order valence-corrected chi connectivity index (χ2v) is 6.58. The first-order chi connectivity index (χ1) is 7.49. The fourth-order valence-electron chi connectivity index (χ4n) is 1.09. The van der Waals surface area contributed by atoms with E-state index in [-0.39, 0.29) is 0 Å². The predicted molar refractivity (Wildman–Crippen MR) is 66.9 cm³/mol.